The van der Waals surface area contributed by atoms with E-state index in [1.807, 2.05) is 0 Å². The summed E-state index contributed by atoms with van der Waals surface area (Å²) in [4.78, 5) is 13.9. The van der Waals surface area contributed by atoms with Crippen molar-refractivity contribution >= 4 is 16.7 Å². The van der Waals surface area contributed by atoms with E-state index in [1.165, 1.54) is 5.56 Å². The third-order valence-corrected chi connectivity index (χ3v) is 4.91. The summed E-state index contributed by atoms with van der Waals surface area (Å²) in [5.74, 6) is 1.06. The van der Waals surface area contributed by atoms with E-state index >= 15 is 0 Å². The Morgan fingerprint density at radius 1 is 1.23 bits per heavy atom. The first kappa shape index (κ1) is 13.9. The SMILES string of the molecule is Cc1cccc2c(N3CCO[C@@H]4CCN(C)C[C@@H]43)ncnc12. The average molecular weight is 298 g/mol. The molecule has 1 aromatic carbocycles. The Kier molecular flexibility index (Phi) is 3.47. The minimum absolute atomic E-state index is 0.319. The second-order valence-corrected chi connectivity index (χ2v) is 6.39. The number of ether oxygens (including phenoxy) is 1. The molecule has 0 amide bonds. The number of hydrogen-bond donors (Lipinski definition) is 0. The maximum atomic E-state index is 6.01. The van der Waals surface area contributed by atoms with Crippen LogP contribution in [0.1, 0.15) is 12.0 Å². The topological polar surface area (TPSA) is 41.5 Å². The number of anilines is 1. The van der Waals surface area contributed by atoms with Crippen LogP contribution in [0.2, 0.25) is 0 Å². The van der Waals surface area contributed by atoms with Crippen LogP contribution >= 0.6 is 0 Å². The standard InChI is InChI=1S/C17H22N4O/c1-12-4-3-5-13-16(12)18-11-19-17(13)21-8-9-22-15-6-7-20(2)10-14(15)21/h3-5,11,14-15H,6-10H2,1-2H3/t14-,15+/m0/s1. The number of morpholine rings is 1. The molecule has 2 fully saturated rings. The Bertz CT molecular complexity index is 689. The van der Waals surface area contributed by atoms with Gasteiger partial charge in [0.15, 0.2) is 0 Å². The molecule has 0 unspecified atom stereocenters. The van der Waals surface area contributed by atoms with E-state index in [2.05, 4.69) is 51.9 Å². The van der Waals surface area contributed by atoms with Crippen LogP contribution in [0.25, 0.3) is 10.9 Å². The molecule has 1 aromatic heterocycles. The van der Waals surface area contributed by atoms with E-state index < -0.39 is 0 Å². The summed E-state index contributed by atoms with van der Waals surface area (Å²) in [7, 11) is 2.19. The average Bonchev–Trinajstić information content (AvgIpc) is 2.54. The number of fused-ring (bicyclic) bond motifs is 2. The van der Waals surface area contributed by atoms with Gasteiger partial charge >= 0.3 is 0 Å². The van der Waals surface area contributed by atoms with Gasteiger partial charge < -0.3 is 14.5 Å². The van der Waals surface area contributed by atoms with Gasteiger partial charge in [-0.25, -0.2) is 9.97 Å². The van der Waals surface area contributed by atoms with Gasteiger partial charge in [0.25, 0.3) is 0 Å². The summed E-state index contributed by atoms with van der Waals surface area (Å²) in [6.45, 7) is 5.92. The van der Waals surface area contributed by atoms with E-state index in [-0.39, 0.29) is 0 Å². The van der Waals surface area contributed by atoms with Crippen molar-refractivity contribution in [3.63, 3.8) is 0 Å². The number of likely N-dealkylation sites (tertiary alicyclic amines) is 1. The van der Waals surface area contributed by atoms with Crippen LogP contribution in [0.3, 0.4) is 0 Å². The first-order valence-electron chi connectivity index (χ1n) is 8.01. The van der Waals surface area contributed by atoms with Gasteiger partial charge in [0.2, 0.25) is 0 Å². The molecule has 2 saturated heterocycles. The number of piperidine rings is 1. The van der Waals surface area contributed by atoms with Crippen molar-refractivity contribution in [3.8, 4) is 0 Å². The Hall–Kier alpha value is -1.72. The monoisotopic (exact) mass is 298 g/mol. The van der Waals surface area contributed by atoms with Gasteiger partial charge in [0, 0.05) is 25.0 Å². The summed E-state index contributed by atoms with van der Waals surface area (Å²) >= 11 is 0. The van der Waals surface area contributed by atoms with Crippen molar-refractivity contribution in [2.24, 2.45) is 0 Å². The van der Waals surface area contributed by atoms with E-state index in [9.17, 15) is 0 Å². The lowest BCUT2D eigenvalue weighted by Crippen LogP contribution is -2.59. The van der Waals surface area contributed by atoms with E-state index in [0.717, 1.165) is 49.4 Å². The molecule has 2 aromatic rings. The number of para-hydroxylation sites is 1. The van der Waals surface area contributed by atoms with Crippen LogP contribution in [-0.4, -0.2) is 60.3 Å². The third kappa shape index (κ3) is 2.25. The van der Waals surface area contributed by atoms with E-state index in [4.69, 9.17) is 4.74 Å². The predicted octanol–water partition coefficient (Wildman–Crippen LogP) is 1.85. The molecule has 2 atom stereocenters. The van der Waals surface area contributed by atoms with Crippen molar-refractivity contribution in [3.05, 3.63) is 30.1 Å². The molecule has 2 aliphatic heterocycles. The summed E-state index contributed by atoms with van der Waals surface area (Å²) in [5.41, 5.74) is 2.26. The molecule has 0 N–H and O–H groups in total. The number of nitrogens with zero attached hydrogens (tertiary/aromatic N) is 4. The molecular formula is C17H22N4O. The molecule has 0 spiro atoms. The van der Waals surface area contributed by atoms with Crippen molar-refractivity contribution < 1.29 is 4.74 Å². The molecular weight excluding hydrogens is 276 g/mol. The van der Waals surface area contributed by atoms with Gasteiger partial charge in [-0.05, 0) is 32.0 Å². The highest BCUT2D eigenvalue weighted by molar-refractivity contribution is 5.91. The minimum Gasteiger partial charge on any atom is -0.374 e. The molecule has 4 rings (SSSR count). The molecule has 2 aliphatic rings. The predicted molar refractivity (Wildman–Crippen MR) is 87.3 cm³/mol. The Morgan fingerprint density at radius 3 is 3.05 bits per heavy atom. The quantitative estimate of drug-likeness (QED) is 0.803. The lowest BCUT2D eigenvalue weighted by atomic mass is 9.98. The van der Waals surface area contributed by atoms with Gasteiger partial charge in [-0.1, -0.05) is 12.1 Å². The lowest BCUT2D eigenvalue weighted by molar-refractivity contribution is -0.0244. The van der Waals surface area contributed by atoms with Crippen molar-refractivity contribution in [1.82, 2.24) is 14.9 Å². The first-order valence-corrected chi connectivity index (χ1v) is 8.01. The van der Waals surface area contributed by atoms with Crippen LogP contribution in [0.5, 0.6) is 0 Å². The fourth-order valence-electron chi connectivity index (χ4n) is 3.74. The highest BCUT2D eigenvalue weighted by Gasteiger charge is 2.37. The van der Waals surface area contributed by atoms with Crippen LogP contribution in [0.4, 0.5) is 5.82 Å². The normalized spacial score (nSPS) is 26.2. The van der Waals surface area contributed by atoms with Gasteiger partial charge in [0.05, 0.1) is 24.3 Å². The van der Waals surface area contributed by atoms with E-state index in [0.29, 0.717) is 12.1 Å². The van der Waals surface area contributed by atoms with Crippen LogP contribution in [-0.2, 0) is 4.74 Å². The fourth-order valence-corrected chi connectivity index (χ4v) is 3.74. The number of likely N-dealkylation sites (N-methyl/N-ethyl adjacent to an activating group) is 1. The molecule has 0 saturated carbocycles. The van der Waals surface area contributed by atoms with Gasteiger partial charge in [-0.3, -0.25) is 0 Å². The third-order valence-electron chi connectivity index (χ3n) is 4.91. The van der Waals surface area contributed by atoms with Gasteiger partial charge in [0.1, 0.15) is 12.1 Å². The molecule has 5 nitrogen and oxygen atoms in total. The van der Waals surface area contributed by atoms with Crippen molar-refractivity contribution in [2.45, 2.75) is 25.5 Å². The van der Waals surface area contributed by atoms with Crippen LogP contribution < -0.4 is 4.90 Å². The second-order valence-electron chi connectivity index (χ2n) is 6.39. The van der Waals surface area contributed by atoms with Crippen LogP contribution in [0.15, 0.2) is 24.5 Å². The Morgan fingerprint density at radius 2 is 2.14 bits per heavy atom. The molecule has 5 heteroatoms. The summed E-state index contributed by atoms with van der Waals surface area (Å²) in [5, 5.41) is 1.15. The first-order chi connectivity index (χ1) is 10.7. The molecule has 0 bridgehead atoms. The Balaban J connectivity index is 1.78. The number of aryl methyl sites for hydroxylation is 1. The zero-order valence-electron chi connectivity index (χ0n) is 13.2. The fraction of sp³-hybridized carbons (Fsp3) is 0.529. The molecule has 116 valence electrons. The highest BCUT2D eigenvalue weighted by atomic mass is 16.5. The summed E-state index contributed by atoms with van der Waals surface area (Å²) in [6.07, 6.45) is 3.11. The number of rotatable bonds is 1. The van der Waals surface area contributed by atoms with Crippen molar-refractivity contribution in [1.29, 1.82) is 0 Å². The smallest absolute Gasteiger partial charge is 0.140 e. The molecule has 22 heavy (non-hydrogen) atoms. The van der Waals surface area contributed by atoms with Gasteiger partial charge in [-0.2, -0.15) is 0 Å². The van der Waals surface area contributed by atoms with Crippen LogP contribution in [0, 0.1) is 6.92 Å². The lowest BCUT2D eigenvalue weighted by Gasteiger charge is -2.47. The largest absolute Gasteiger partial charge is 0.374 e. The van der Waals surface area contributed by atoms with E-state index in [1.54, 1.807) is 6.33 Å². The zero-order chi connectivity index (χ0) is 15.1. The molecule has 3 heterocycles. The highest BCUT2D eigenvalue weighted by Crippen LogP contribution is 2.31. The number of benzene rings is 1. The number of hydrogen-bond acceptors (Lipinski definition) is 5. The molecule has 0 aliphatic carbocycles. The van der Waals surface area contributed by atoms with Crippen molar-refractivity contribution in [2.75, 3.05) is 38.2 Å². The summed E-state index contributed by atoms with van der Waals surface area (Å²) in [6, 6.07) is 6.71. The Labute approximate surface area is 130 Å². The minimum atomic E-state index is 0.319. The summed E-state index contributed by atoms with van der Waals surface area (Å²) < 4.78 is 6.01. The number of aromatic nitrogens is 2. The second kappa shape index (κ2) is 5.48. The maximum absolute atomic E-state index is 6.01. The van der Waals surface area contributed by atoms with Gasteiger partial charge in [-0.15, -0.1) is 0 Å². The zero-order valence-corrected chi connectivity index (χ0v) is 13.2. The maximum Gasteiger partial charge on any atom is 0.140 e. The molecule has 0 radical (unpaired) electrons.